The first-order chi connectivity index (χ1) is 26.5. The standard InChI is InChI=1S/C44H41FN2O7S/c1-31(48)54-41(35-17-19-36(45)20-18-35)26-25-40-43(47(44(40)49)37-21-15-32(16-22-37)14-9-27-46-55(2,50)51)39-24-23-38(52-29-33-10-5-3-6-11-33)28-42(39)53-30-34-12-7-4-8-13-34/h3-8,10-13,15-24,28,40-41,43,46H,25-27,29-30H2,1-2H3/t40-,41+,43-/m1/s1. The molecule has 1 aliphatic heterocycles. The van der Waals surface area contributed by atoms with E-state index in [1.807, 2.05) is 78.9 Å². The number of sulfonamides is 1. The molecule has 1 heterocycles. The van der Waals surface area contributed by atoms with E-state index >= 15 is 0 Å². The van der Waals surface area contributed by atoms with Crippen molar-refractivity contribution in [3.63, 3.8) is 0 Å². The fraction of sp³-hybridized carbons (Fsp3) is 0.227. The quantitative estimate of drug-likeness (QED) is 0.0663. The lowest BCUT2D eigenvalue weighted by molar-refractivity contribution is -0.147. The molecule has 5 aromatic carbocycles. The van der Waals surface area contributed by atoms with Gasteiger partial charge in [-0.15, -0.1) is 0 Å². The van der Waals surface area contributed by atoms with Crippen molar-refractivity contribution < 1.29 is 36.6 Å². The minimum Gasteiger partial charge on any atom is -0.489 e. The van der Waals surface area contributed by atoms with Gasteiger partial charge in [0.1, 0.15) is 36.6 Å². The van der Waals surface area contributed by atoms with Crippen molar-refractivity contribution in [2.45, 2.75) is 45.1 Å². The molecule has 6 rings (SSSR count). The summed E-state index contributed by atoms with van der Waals surface area (Å²) in [4.78, 5) is 28.0. The highest BCUT2D eigenvalue weighted by atomic mass is 32.2. The van der Waals surface area contributed by atoms with Gasteiger partial charge in [0.25, 0.3) is 0 Å². The first-order valence-corrected chi connectivity index (χ1v) is 19.7. The zero-order valence-electron chi connectivity index (χ0n) is 30.5. The van der Waals surface area contributed by atoms with Crippen LogP contribution in [0, 0.1) is 23.6 Å². The van der Waals surface area contributed by atoms with E-state index in [4.69, 9.17) is 14.2 Å². The number of hydrogen-bond acceptors (Lipinski definition) is 7. The van der Waals surface area contributed by atoms with E-state index in [0.717, 1.165) is 22.9 Å². The van der Waals surface area contributed by atoms with Crippen LogP contribution in [0.25, 0.3) is 0 Å². The van der Waals surface area contributed by atoms with Crippen molar-refractivity contribution in [3.05, 3.63) is 161 Å². The topological polar surface area (TPSA) is 111 Å². The number of halogens is 1. The van der Waals surface area contributed by atoms with Gasteiger partial charge in [-0.05, 0) is 78.1 Å². The lowest BCUT2D eigenvalue weighted by Gasteiger charge is -2.48. The molecule has 0 aromatic heterocycles. The smallest absolute Gasteiger partial charge is 0.303 e. The first kappa shape index (κ1) is 38.8. The van der Waals surface area contributed by atoms with Crippen molar-refractivity contribution in [1.82, 2.24) is 4.72 Å². The fourth-order valence-corrected chi connectivity index (χ4v) is 6.78. The van der Waals surface area contributed by atoms with Crippen LogP contribution in [0.5, 0.6) is 11.5 Å². The number of amides is 1. The average Bonchev–Trinajstić information content (AvgIpc) is 3.18. The number of ether oxygens (including phenoxy) is 3. The molecule has 0 radical (unpaired) electrons. The highest BCUT2D eigenvalue weighted by Gasteiger charge is 2.49. The zero-order valence-corrected chi connectivity index (χ0v) is 31.3. The number of anilines is 1. The van der Waals surface area contributed by atoms with E-state index in [2.05, 4.69) is 16.6 Å². The second kappa shape index (κ2) is 17.9. The van der Waals surface area contributed by atoms with Crippen molar-refractivity contribution in [2.24, 2.45) is 5.92 Å². The monoisotopic (exact) mass is 760 g/mol. The molecule has 0 aliphatic carbocycles. The van der Waals surface area contributed by atoms with Crippen LogP contribution in [0.4, 0.5) is 10.1 Å². The summed E-state index contributed by atoms with van der Waals surface area (Å²) >= 11 is 0. The summed E-state index contributed by atoms with van der Waals surface area (Å²) in [7, 11) is -3.37. The maximum Gasteiger partial charge on any atom is 0.303 e. The molecule has 0 bridgehead atoms. The summed E-state index contributed by atoms with van der Waals surface area (Å²) in [5.74, 6) is 5.36. The maximum atomic E-state index is 14.2. The molecule has 55 heavy (non-hydrogen) atoms. The Morgan fingerprint density at radius 3 is 2.11 bits per heavy atom. The van der Waals surface area contributed by atoms with E-state index < -0.39 is 39.9 Å². The Kier molecular flexibility index (Phi) is 12.6. The molecule has 1 amide bonds. The Bertz CT molecular complexity index is 2260. The lowest BCUT2D eigenvalue weighted by atomic mass is 9.77. The van der Waals surface area contributed by atoms with Gasteiger partial charge < -0.3 is 19.1 Å². The molecule has 9 nitrogen and oxygen atoms in total. The lowest BCUT2D eigenvalue weighted by Crippen LogP contribution is -2.55. The number of nitrogens with one attached hydrogen (secondary N) is 1. The third kappa shape index (κ3) is 10.6. The van der Waals surface area contributed by atoms with E-state index in [-0.39, 0.29) is 19.1 Å². The minimum atomic E-state index is -3.37. The van der Waals surface area contributed by atoms with Gasteiger partial charge in [0.2, 0.25) is 15.9 Å². The van der Waals surface area contributed by atoms with Gasteiger partial charge in [-0.25, -0.2) is 17.5 Å². The number of benzene rings is 5. The Morgan fingerprint density at radius 1 is 0.855 bits per heavy atom. The van der Waals surface area contributed by atoms with E-state index in [9.17, 15) is 22.4 Å². The number of rotatable bonds is 15. The molecular weight excluding hydrogens is 720 g/mol. The molecule has 11 heteroatoms. The van der Waals surface area contributed by atoms with Gasteiger partial charge in [0, 0.05) is 29.8 Å². The summed E-state index contributed by atoms with van der Waals surface area (Å²) in [6.07, 6.45) is 1.06. The van der Waals surface area contributed by atoms with Gasteiger partial charge in [0.05, 0.1) is 24.8 Å². The van der Waals surface area contributed by atoms with Crippen LogP contribution in [-0.2, 0) is 37.6 Å². The van der Waals surface area contributed by atoms with Crippen LogP contribution in [0.1, 0.15) is 59.7 Å². The van der Waals surface area contributed by atoms with Gasteiger partial charge >= 0.3 is 5.97 Å². The van der Waals surface area contributed by atoms with Crippen molar-refractivity contribution in [1.29, 1.82) is 0 Å². The van der Waals surface area contributed by atoms with E-state index in [0.29, 0.717) is 47.8 Å². The number of carbonyl (C=O) groups excluding carboxylic acids is 2. The number of esters is 1. The summed E-state index contributed by atoms with van der Waals surface area (Å²) in [6.45, 7) is 1.93. The number of hydrogen-bond donors (Lipinski definition) is 1. The highest BCUT2D eigenvalue weighted by molar-refractivity contribution is 7.88. The van der Waals surface area contributed by atoms with Gasteiger partial charge in [-0.3, -0.25) is 9.59 Å². The Hall–Kier alpha value is -5.96. The van der Waals surface area contributed by atoms with Crippen molar-refractivity contribution in [2.75, 3.05) is 17.7 Å². The van der Waals surface area contributed by atoms with Crippen LogP contribution < -0.4 is 19.1 Å². The predicted octanol–water partition coefficient (Wildman–Crippen LogP) is 7.67. The molecule has 5 aromatic rings. The molecular formula is C44H41FN2O7S. The van der Waals surface area contributed by atoms with Crippen LogP contribution in [0.2, 0.25) is 0 Å². The van der Waals surface area contributed by atoms with Gasteiger partial charge in [0.15, 0.2) is 0 Å². The van der Waals surface area contributed by atoms with Gasteiger partial charge in [-0.1, -0.05) is 84.6 Å². The van der Waals surface area contributed by atoms with Crippen molar-refractivity contribution >= 4 is 27.6 Å². The molecule has 0 spiro atoms. The van der Waals surface area contributed by atoms with Crippen LogP contribution in [0.3, 0.4) is 0 Å². The van der Waals surface area contributed by atoms with E-state index in [1.54, 1.807) is 41.3 Å². The second-order valence-electron chi connectivity index (χ2n) is 13.2. The molecule has 1 aliphatic rings. The second-order valence-corrected chi connectivity index (χ2v) is 15.0. The molecule has 1 fully saturated rings. The van der Waals surface area contributed by atoms with Crippen molar-refractivity contribution in [3.8, 4) is 23.3 Å². The highest BCUT2D eigenvalue weighted by Crippen LogP contribution is 2.49. The fourth-order valence-electron chi connectivity index (χ4n) is 6.44. The molecule has 1 N–H and O–H groups in total. The number of nitrogens with zero attached hydrogens (tertiary/aromatic N) is 1. The Labute approximate surface area is 321 Å². The van der Waals surface area contributed by atoms with Crippen LogP contribution in [-0.4, -0.2) is 33.1 Å². The third-order valence-electron chi connectivity index (χ3n) is 9.09. The summed E-state index contributed by atoms with van der Waals surface area (Å²) in [5, 5.41) is 0. The zero-order chi connectivity index (χ0) is 38.8. The summed E-state index contributed by atoms with van der Waals surface area (Å²) < 4.78 is 57.3. The Morgan fingerprint density at radius 2 is 1.49 bits per heavy atom. The normalized spacial score (nSPS) is 15.6. The molecule has 0 unspecified atom stereocenters. The van der Waals surface area contributed by atoms with Crippen LogP contribution in [0.15, 0.2) is 127 Å². The largest absolute Gasteiger partial charge is 0.489 e. The maximum absolute atomic E-state index is 14.2. The molecule has 3 atom stereocenters. The van der Waals surface area contributed by atoms with Gasteiger partial charge in [-0.2, -0.15) is 0 Å². The predicted molar refractivity (Wildman–Crippen MR) is 208 cm³/mol. The molecule has 0 saturated carbocycles. The van der Waals surface area contributed by atoms with E-state index in [1.165, 1.54) is 19.1 Å². The third-order valence-corrected chi connectivity index (χ3v) is 9.76. The first-order valence-electron chi connectivity index (χ1n) is 17.8. The average molecular weight is 761 g/mol. The molecule has 282 valence electrons. The Balaban J connectivity index is 1.33. The number of carbonyl (C=O) groups is 2. The number of β-lactam (4-membered cyclic amide) rings is 1. The summed E-state index contributed by atoms with van der Waals surface area (Å²) in [5.41, 5.74) is 4.67. The van der Waals surface area contributed by atoms with Crippen LogP contribution >= 0.6 is 0 Å². The SMILES string of the molecule is CC(=O)O[C@@H](CC[C@H]1C(=O)N(c2ccc(C#CCNS(C)(=O)=O)cc2)[C@@H]1c1ccc(OCc2ccccc2)cc1OCc1ccccc1)c1ccc(F)cc1. The molecule has 1 saturated heterocycles. The minimum absolute atomic E-state index is 0.0297. The summed E-state index contributed by atoms with van der Waals surface area (Å²) in [6, 6.07) is 37.8.